The third-order valence-corrected chi connectivity index (χ3v) is 2.70. The van der Waals surface area contributed by atoms with Crippen LogP contribution in [-0.4, -0.2) is 29.3 Å². The van der Waals surface area contributed by atoms with Crippen LogP contribution in [0.2, 0.25) is 0 Å². The highest BCUT2D eigenvalue weighted by Gasteiger charge is 2.14. The van der Waals surface area contributed by atoms with E-state index in [0.29, 0.717) is 0 Å². The second-order valence-corrected chi connectivity index (χ2v) is 4.97. The Labute approximate surface area is 133 Å². The Kier molecular flexibility index (Phi) is 6.31. The molecule has 3 aliphatic rings. The number of nitrogens with one attached hydrogen (secondary N) is 2. The maximum absolute atomic E-state index is 10.0. The zero-order valence-corrected chi connectivity index (χ0v) is 12.5. The average Bonchev–Trinajstić information content (AvgIpc) is 3.02. The monoisotopic (exact) mass is 318 g/mol. The fourth-order valence-electron chi connectivity index (χ4n) is 1.47. The second-order valence-electron chi connectivity index (χ2n) is 4.97. The number of hydrogen-bond donors (Lipinski definition) is 4. The average molecular weight is 318 g/mol. The van der Waals surface area contributed by atoms with Crippen LogP contribution in [0.1, 0.15) is 13.3 Å². The topological polar surface area (TPSA) is 144 Å². The van der Waals surface area contributed by atoms with Crippen LogP contribution in [0.15, 0.2) is 48.1 Å². The smallest absolute Gasteiger partial charge is 0.250 e. The molecule has 0 fully saturated rings. The van der Waals surface area contributed by atoms with Gasteiger partial charge in [-0.05, 0) is 13.0 Å². The van der Waals surface area contributed by atoms with Gasteiger partial charge >= 0.3 is 0 Å². The Morgan fingerprint density at radius 1 is 0.826 bits per heavy atom. The molecule has 8 nitrogen and oxygen atoms in total. The molecule has 0 bridgehead atoms. The largest absolute Gasteiger partial charge is 0.310 e. The van der Waals surface area contributed by atoms with Crippen molar-refractivity contribution in [1.29, 1.82) is 0 Å². The predicted octanol–water partition coefficient (Wildman–Crippen LogP) is -1.10. The van der Waals surface area contributed by atoms with Crippen LogP contribution in [0, 0.1) is 0 Å². The maximum atomic E-state index is 10.0. The molecule has 0 aromatic carbocycles. The van der Waals surface area contributed by atoms with Gasteiger partial charge in [0.15, 0.2) is 0 Å². The van der Waals surface area contributed by atoms with Gasteiger partial charge in [0.1, 0.15) is 0 Å². The van der Waals surface area contributed by atoms with Gasteiger partial charge in [-0.15, -0.1) is 0 Å². The van der Waals surface area contributed by atoms with E-state index in [1.165, 1.54) is 29.9 Å². The van der Waals surface area contributed by atoms with E-state index >= 15 is 0 Å². The molecule has 0 saturated carbocycles. The Balaban J connectivity index is 0.000000175. The van der Waals surface area contributed by atoms with E-state index in [9.17, 15) is 19.2 Å². The van der Waals surface area contributed by atoms with Gasteiger partial charge in [-0.2, -0.15) is 0 Å². The number of rotatable bonds is 0. The first-order valence-corrected chi connectivity index (χ1v) is 6.68. The van der Waals surface area contributed by atoms with Crippen molar-refractivity contribution in [3.05, 3.63) is 48.1 Å². The van der Waals surface area contributed by atoms with Crippen molar-refractivity contribution in [2.75, 3.05) is 0 Å². The Morgan fingerprint density at radius 3 is 1.39 bits per heavy atom. The minimum absolute atomic E-state index is 0.329. The molecule has 2 aliphatic heterocycles. The molecule has 0 spiro atoms. The van der Waals surface area contributed by atoms with E-state index in [2.05, 4.69) is 0 Å². The van der Waals surface area contributed by atoms with Gasteiger partial charge in [0.05, 0.1) is 5.66 Å². The molecule has 0 aromatic rings. The van der Waals surface area contributed by atoms with E-state index in [1.54, 1.807) is 0 Å². The lowest BCUT2D eigenvalue weighted by molar-refractivity contribution is -0.125. The summed E-state index contributed by atoms with van der Waals surface area (Å²) in [5, 5.41) is 4.06. The standard InChI is InChI=1S/C7H12N2.2C4H3NO2/c1-6-2-4-7(8,9)5-3-6;2*6-3-1-2-4(7)5-3/h2-4H,5,8-9H2,1H3;2*1-2H,(H,5,6,7). The van der Waals surface area contributed by atoms with Crippen LogP contribution in [0.25, 0.3) is 0 Å². The molecule has 0 radical (unpaired) electrons. The summed E-state index contributed by atoms with van der Waals surface area (Å²) >= 11 is 0. The van der Waals surface area contributed by atoms with Crippen molar-refractivity contribution in [2.24, 2.45) is 11.5 Å². The predicted molar refractivity (Wildman–Crippen MR) is 83.2 cm³/mol. The summed E-state index contributed by atoms with van der Waals surface area (Å²) in [6, 6.07) is 0. The van der Waals surface area contributed by atoms with Gasteiger partial charge in [0.2, 0.25) is 0 Å². The van der Waals surface area contributed by atoms with E-state index in [-0.39, 0.29) is 23.6 Å². The third-order valence-electron chi connectivity index (χ3n) is 2.70. The Hall–Kier alpha value is -2.84. The number of amides is 4. The van der Waals surface area contributed by atoms with Gasteiger partial charge in [-0.25, -0.2) is 0 Å². The molecule has 23 heavy (non-hydrogen) atoms. The lowest BCUT2D eigenvalue weighted by atomic mass is 10.00. The first-order valence-electron chi connectivity index (χ1n) is 6.68. The lowest BCUT2D eigenvalue weighted by Gasteiger charge is -2.21. The van der Waals surface area contributed by atoms with Gasteiger partial charge < -0.3 is 11.5 Å². The molecule has 1 aliphatic carbocycles. The summed E-state index contributed by atoms with van der Waals surface area (Å²) in [6.07, 6.45) is 11.4. The van der Waals surface area contributed by atoms with Crippen molar-refractivity contribution in [3.63, 3.8) is 0 Å². The molecule has 2 heterocycles. The number of imide groups is 2. The van der Waals surface area contributed by atoms with E-state index in [0.717, 1.165) is 6.42 Å². The number of allylic oxidation sites excluding steroid dienone is 2. The zero-order chi connectivity index (χ0) is 17.5. The van der Waals surface area contributed by atoms with E-state index < -0.39 is 5.66 Å². The molecular formula is C15H18N4O4. The molecule has 0 atom stereocenters. The van der Waals surface area contributed by atoms with Crippen LogP contribution in [0.3, 0.4) is 0 Å². The number of carbonyl (C=O) groups excluding carboxylic acids is 4. The minimum Gasteiger partial charge on any atom is -0.310 e. The fourth-order valence-corrected chi connectivity index (χ4v) is 1.47. The summed E-state index contributed by atoms with van der Waals surface area (Å²) in [5.41, 5.74) is 11.8. The van der Waals surface area contributed by atoms with Gasteiger partial charge in [-0.3, -0.25) is 29.8 Å². The summed E-state index contributed by atoms with van der Waals surface area (Å²) in [4.78, 5) is 40.1. The van der Waals surface area contributed by atoms with Crippen LogP contribution in [0.5, 0.6) is 0 Å². The summed E-state index contributed by atoms with van der Waals surface area (Å²) in [5.74, 6) is -1.31. The normalized spacial score (nSPS) is 20.0. The molecule has 0 aromatic heterocycles. The zero-order valence-electron chi connectivity index (χ0n) is 12.5. The Bertz CT molecular complexity index is 574. The highest BCUT2D eigenvalue weighted by Crippen LogP contribution is 2.12. The number of nitrogens with two attached hydrogens (primary N) is 2. The van der Waals surface area contributed by atoms with E-state index in [4.69, 9.17) is 11.5 Å². The first kappa shape index (κ1) is 18.2. The van der Waals surface area contributed by atoms with Crippen molar-refractivity contribution >= 4 is 23.6 Å². The molecule has 4 amide bonds. The summed E-state index contributed by atoms with van der Waals surface area (Å²) in [6.45, 7) is 2.03. The molecule has 3 rings (SSSR count). The molecular weight excluding hydrogens is 300 g/mol. The molecule has 6 N–H and O–H groups in total. The maximum Gasteiger partial charge on any atom is 0.250 e. The van der Waals surface area contributed by atoms with Gasteiger partial charge in [0.25, 0.3) is 23.6 Å². The minimum atomic E-state index is -0.598. The SMILES string of the molecule is CC1=CCC(N)(N)C=C1.O=C1C=CC(=O)N1.O=C1C=CC(=O)N1. The van der Waals surface area contributed by atoms with Crippen LogP contribution in [-0.2, 0) is 19.2 Å². The van der Waals surface area contributed by atoms with Crippen molar-refractivity contribution in [1.82, 2.24) is 10.6 Å². The highest BCUT2D eigenvalue weighted by molar-refractivity contribution is 6.13. The highest BCUT2D eigenvalue weighted by atomic mass is 16.2. The number of hydrogen-bond acceptors (Lipinski definition) is 6. The van der Waals surface area contributed by atoms with Crippen molar-refractivity contribution in [3.8, 4) is 0 Å². The molecule has 0 saturated heterocycles. The van der Waals surface area contributed by atoms with Crippen molar-refractivity contribution < 1.29 is 19.2 Å². The molecule has 0 unspecified atom stereocenters. The van der Waals surface area contributed by atoms with Gasteiger partial charge in [0, 0.05) is 30.7 Å². The Morgan fingerprint density at radius 2 is 1.22 bits per heavy atom. The second kappa shape index (κ2) is 7.97. The van der Waals surface area contributed by atoms with Crippen LogP contribution >= 0.6 is 0 Å². The first-order chi connectivity index (χ1) is 10.7. The number of carbonyl (C=O) groups is 4. The summed E-state index contributed by atoms with van der Waals surface area (Å²) in [7, 11) is 0. The molecule has 122 valence electrons. The van der Waals surface area contributed by atoms with Crippen LogP contribution < -0.4 is 22.1 Å². The lowest BCUT2D eigenvalue weighted by Crippen LogP contribution is -2.47. The fraction of sp³-hybridized carbons (Fsp3) is 0.200. The molecule has 8 heteroatoms. The van der Waals surface area contributed by atoms with Gasteiger partial charge in [-0.1, -0.05) is 17.7 Å². The van der Waals surface area contributed by atoms with Crippen molar-refractivity contribution in [2.45, 2.75) is 19.0 Å². The van der Waals surface area contributed by atoms with E-state index in [1.807, 2.05) is 35.8 Å². The summed E-state index contributed by atoms with van der Waals surface area (Å²) < 4.78 is 0. The quantitative estimate of drug-likeness (QED) is 0.330. The third kappa shape index (κ3) is 7.65. The van der Waals surface area contributed by atoms with Crippen LogP contribution in [0.4, 0.5) is 0 Å².